The van der Waals surface area contributed by atoms with E-state index >= 15 is 0 Å². The molecule has 126 valence electrons. The Morgan fingerprint density at radius 1 is 1.38 bits per heavy atom. The van der Waals surface area contributed by atoms with Crippen molar-refractivity contribution in [2.75, 3.05) is 18.6 Å². The quantitative estimate of drug-likeness (QED) is 0.803. The van der Waals surface area contributed by atoms with Gasteiger partial charge in [-0.05, 0) is 38.0 Å². The Morgan fingerprint density at radius 2 is 2.21 bits per heavy atom. The lowest BCUT2D eigenvalue weighted by Gasteiger charge is -2.29. The summed E-state index contributed by atoms with van der Waals surface area (Å²) in [7, 11) is 1.65. The zero-order valence-corrected chi connectivity index (χ0v) is 15.1. The van der Waals surface area contributed by atoms with Gasteiger partial charge in [0.2, 0.25) is 5.91 Å². The summed E-state index contributed by atoms with van der Waals surface area (Å²) in [4.78, 5) is 17.0. The number of amides is 1. The average Bonchev–Trinajstić information content (AvgIpc) is 3.25. The molecule has 1 amide bonds. The van der Waals surface area contributed by atoms with Gasteiger partial charge < -0.3 is 9.26 Å². The fourth-order valence-corrected chi connectivity index (χ4v) is 4.08. The normalized spacial score (nSPS) is 23.8. The molecule has 2 aliphatic rings. The number of nitrogens with zero attached hydrogens (tertiary/aromatic N) is 3. The van der Waals surface area contributed by atoms with Crippen LogP contribution in [0.4, 0.5) is 5.82 Å². The van der Waals surface area contributed by atoms with Gasteiger partial charge in [0.25, 0.3) is 0 Å². The standard InChI is InChI=1S/C17H18BrN3O3/c1-10-8-15(19-24-10)21-16(20-7-3-4-13(20)17(21)22)12-9-11(18)5-6-14(12)23-2/h5-6,8-9,13,16H,3-4,7H2,1-2H3. The minimum Gasteiger partial charge on any atom is -0.496 e. The van der Waals surface area contributed by atoms with Crippen LogP contribution < -0.4 is 9.64 Å². The van der Waals surface area contributed by atoms with Crippen molar-refractivity contribution in [3.63, 3.8) is 0 Å². The van der Waals surface area contributed by atoms with Crippen molar-refractivity contribution in [1.29, 1.82) is 0 Å². The van der Waals surface area contributed by atoms with E-state index in [9.17, 15) is 4.79 Å². The largest absolute Gasteiger partial charge is 0.496 e. The summed E-state index contributed by atoms with van der Waals surface area (Å²) in [6.07, 6.45) is 1.66. The average molecular weight is 392 g/mol. The van der Waals surface area contributed by atoms with E-state index in [1.54, 1.807) is 18.1 Å². The number of anilines is 1. The number of ether oxygens (including phenoxy) is 1. The van der Waals surface area contributed by atoms with E-state index in [1.165, 1.54) is 0 Å². The molecule has 0 spiro atoms. The van der Waals surface area contributed by atoms with Crippen LogP contribution in [-0.2, 0) is 4.79 Å². The molecule has 2 aromatic rings. The van der Waals surface area contributed by atoms with Crippen LogP contribution in [0.2, 0.25) is 0 Å². The first kappa shape index (κ1) is 15.7. The fraction of sp³-hybridized carbons (Fsp3) is 0.412. The molecule has 1 aromatic carbocycles. The van der Waals surface area contributed by atoms with Gasteiger partial charge in [-0.1, -0.05) is 21.1 Å². The van der Waals surface area contributed by atoms with Crippen LogP contribution in [0.15, 0.2) is 33.3 Å². The van der Waals surface area contributed by atoms with E-state index in [1.807, 2.05) is 25.1 Å². The number of carbonyl (C=O) groups is 1. The molecule has 0 radical (unpaired) electrons. The van der Waals surface area contributed by atoms with E-state index in [4.69, 9.17) is 9.26 Å². The SMILES string of the molecule is COc1ccc(Br)cc1C1N(c2cc(C)on2)C(=O)C2CCCN21. The van der Waals surface area contributed by atoms with Crippen molar-refractivity contribution in [1.82, 2.24) is 10.1 Å². The van der Waals surface area contributed by atoms with Crippen molar-refractivity contribution < 1.29 is 14.1 Å². The molecule has 2 saturated heterocycles. The first-order valence-corrected chi connectivity index (χ1v) is 8.75. The molecule has 0 aliphatic carbocycles. The molecule has 0 bridgehead atoms. The van der Waals surface area contributed by atoms with Crippen LogP contribution in [-0.4, -0.2) is 35.7 Å². The second kappa shape index (κ2) is 5.89. The molecule has 7 heteroatoms. The van der Waals surface area contributed by atoms with Gasteiger partial charge in [0.15, 0.2) is 5.82 Å². The van der Waals surface area contributed by atoms with Crippen LogP contribution in [0.25, 0.3) is 0 Å². The number of aryl methyl sites for hydroxylation is 1. The molecule has 6 nitrogen and oxygen atoms in total. The summed E-state index contributed by atoms with van der Waals surface area (Å²) >= 11 is 3.53. The van der Waals surface area contributed by atoms with Gasteiger partial charge in [0.05, 0.1) is 13.2 Å². The summed E-state index contributed by atoms with van der Waals surface area (Å²) < 4.78 is 11.7. The number of benzene rings is 1. The maximum absolute atomic E-state index is 13.0. The van der Waals surface area contributed by atoms with Crippen LogP contribution in [0, 0.1) is 6.92 Å². The third kappa shape index (κ3) is 2.34. The summed E-state index contributed by atoms with van der Waals surface area (Å²) in [5, 5.41) is 4.08. The highest BCUT2D eigenvalue weighted by molar-refractivity contribution is 9.10. The van der Waals surface area contributed by atoms with E-state index in [0.717, 1.165) is 35.2 Å². The first-order chi connectivity index (χ1) is 11.6. The van der Waals surface area contributed by atoms with Crippen molar-refractivity contribution in [3.8, 4) is 5.75 Å². The van der Waals surface area contributed by atoms with Gasteiger partial charge in [0.1, 0.15) is 17.7 Å². The van der Waals surface area contributed by atoms with Crippen molar-refractivity contribution in [3.05, 3.63) is 40.1 Å². The zero-order chi connectivity index (χ0) is 16.8. The lowest BCUT2D eigenvalue weighted by molar-refractivity contribution is -0.119. The minimum absolute atomic E-state index is 0.0767. The lowest BCUT2D eigenvalue weighted by Crippen LogP contribution is -2.32. The molecule has 2 aliphatic heterocycles. The van der Waals surface area contributed by atoms with Gasteiger partial charge >= 0.3 is 0 Å². The Morgan fingerprint density at radius 3 is 2.92 bits per heavy atom. The predicted molar refractivity (Wildman–Crippen MR) is 91.9 cm³/mol. The van der Waals surface area contributed by atoms with E-state index in [0.29, 0.717) is 11.6 Å². The van der Waals surface area contributed by atoms with Crippen LogP contribution in [0.5, 0.6) is 5.75 Å². The smallest absolute Gasteiger partial charge is 0.247 e. The monoisotopic (exact) mass is 391 g/mol. The molecule has 2 unspecified atom stereocenters. The Hall–Kier alpha value is -1.86. The third-order valence-corrected chi connectivity index (χ3v) is 5.20. The van der Waals surface area contributed by atoms with Crippen LogP contribution in [0.1, 0.15) is 30.3 Å². The summed E-state index contributed by atoms with van der Waals surface area (Å²) in [5.41, 5.74) is 0.949. The summed E-state index contributed by atoms with van der Waals surface area (Å²) in [6, 6.07) is 7.57. The molecule has 2 fully saturated rings. The first-order valence-electron chi connectivity index (χ1n) is 7.95. The number of hydrogen-bond acceptors (Lipinski definition) is 5. The Labute approximate surface area is 148 Å². The molecule has 2 atom stereocenters. The number of aromatic nitrogens is 1. The lowest BCUT2D eigenvalue weighted by atomic mass is 10.1. The van der Waals surface area contributed by atoms with Crippen LogP contribution >= 0.6 is 15.9 Å². The van der Waals surface area contributed by atoms with E-state index < -0.39 is 0 Å². The van der Waals surface area contributed by atoms with Gasteiger partial charge in [-0.2, -0.15) is 0 Å². The number of rotatable bonds is 3. The molecule has 24 heavy (non-hydrogen) atoms. The molecule has 0 N–H and O–H groups in total. The maximum atomic E-state index is 13.0. The molecular formula is C17H18BrN3O3. The van der Waals surface area contributed by atoms with E-state index in [2.05, 4.69) is 26.0 Å². The molecule has 0 saturated carbocycles. The molecular weight excluding hydrogens is 374 g/mol. The second-order valence-corrected chi connectivity index (χ2v) is 7.08. The van der Waals surface area contributed by atoms with Gasteiger partial charge in [0, 0.05) is 22.6 Å². The number of fused-ring (bicyclic) bond motifs is 1. The second-order valence-electron chi connectivity index (χ2n) is 6.16. The number of methoxy groups -OCH3 is 1. The number of hydrogen-bond donors (Lipinski definition) is 0. The fourth-order valence-electron chi connectivity index (χ4n) is 3.71. The van der Waals surface area contributed by atoms with Crippen molar-refractivity contribution >= 4 is 27.7 Å². The molecule has 1 aromatic heterocycles. The maximum Gasteiger partial charge on any atom is 0.247 e. The number of halogens is 1. The number of carbonyl (C=O) groups excluding carboxylic acids is 1. The third-order valence-electron chi connectivity index (χ3n) is 4.71. The minimum atomic E-state index is -0.234. The Kier molecular flexibility index (Phi) is 3.85. The highest BCUT2D eigenvalue weighted by Crippen LogP contribution is 2.45. The van der Waals surface area contributed by atoms with Crippen molar-refractivity contribution in [2.24, 2.45) is 0 Å². The van der Waals surface area contributed by atoms with Crippen LogP contribution in [0.3, 0.4) is 0 Å². The van der Waals surface area contributed by atoms with Gasteiger partial charge in [-0.3, -0.25) is 14.6 Å². The van der Waals surface area contributed by atoms with Gasteiger partial charge in [-0.15, -0.1) is 0 Å². The Balaban J connectivity index is 1.86. The highest BCUT2D eigenvalue weighted by Gasteiger charge is 2.51. The summed E-state index contributed by atoms with van der Waals surface area (Å²) in [5.74, 6) is 2.07. The van der Waals surface area contributed by atoms with Gasteiger partial charge in [-0.25, -0.2) is 0 Å². The van der Waals surface area contributed by atoms with E-state index in [-0.39, 0.29) is 18.1 Å². The predicted octanol–water partition coefficient (Wildman–Crippen LogP) is 3.26. The topological polar surface area (TPSA) is 58.8 Å². The Bertz CT molecular complexity index is 791. The molecule has 4 rings (SSSR count). The van der Waals surface area contributed by atoms with Crippen molar-refractivity contribution in [2.45, 2.75) is 32.0 Å². The summed E-state index contributed by atoms with van der Waals surface area (Å²) in [6.45, 7) is 2.71. The zero-order valence-electron chi connectivity index (χ0n) is 13.5. The highest BCUT2D eigenvalue weighted by atomic mass is 79.9. The molecule has 3 heterocycles.